The number of aromatic amines is 1. The highest BCUT2D eigenvalue weighted by Crippen LogP contribution is 2.38. The highest BCUT2D eigenvalue weighted by Gasteiger charge is 2.30. The molecule has 2 aliphatic rings. The number of H-pyrrole nitrogens is 1. The number of aryl methyl sites for hydroxylation is 1. The minimum atomic E-state index is -0.0727. The van der Waals surface area contributed by atoms with Crippen molar-refractivity contribution in [3.63, 3.8) is 0 Å². The van der Waals surface area contributed by atoms with Crippen molar-refractivity contribution in [3.8, 4) is 0 Å². The van der Waals surface area contributed by atoms with E-state index in [1.807, 2.05) is 0 Å². The molecule has 124 valence electrons. The molecule has 1 saturated heterocycles. The van der Waals surface area contributed by atoms with Crippen molar-refractivity contribution < 1.29 is 4.74 Å². The lowest BCUT2D eigenvalue weighted by atomic mass is 10.2. The number of aromatic nitrogens is 6. The van der Waals surface area contributed by atoms with E-state index in [2.05, 4.69) is 48.8 Å². The summed E-state index contributed by atoms with van der Waals surface area (Å²) >= 11 is 0. The fourth-order valence-electron chi connectivity index (χ4n) is 3.02. The van der Waals surface area contributed by atoms with Crippen LogP contribution in [0.5, 0.6) is 0 Å². The largest absolute Gasteiger partial charge is 0.367 e. The Kier molecular flexibility index (Phi) is 3.86. The number of ether oxygens (including phenoxy) is 1. The van der Waals surface area contributed by atoms with Gasteiger partial charge in [0.05, 0.1) is 13.2 Å². The summed E-state index contributed by atoms with van der Waals surface area (Å²) in [6, 6.07) is 0. The molecule has 23 heavy (non-hydrogen) atoms. The molecule has 0 spiro atoms. The maximum Gasteiger partial charge on any atom is 0.180 e. The third-order valence-electron chi connectivity index (χ3n) is 4.63. The fraction of sp³-hybridized carbons (Fsp3) is 0.733. The van der Waals surface area contributed by atoms with Crippen molar-refractivity contribution in [1.29, 1.82) is 0 Å². The third kappa shape index (κ3) is 3.00. The summed E-state index contributed by atoms with van der Waals surface area (Å²) in [7, 11) is 2.07. The first kappa shape index (κ1) is 14.8. The number of hydrogen-bond donors (Lipinski definition) is 1. The maximum atomic E-state index is 5.84. The Morgan fingerprint density at radius 2 is 2.17 bits per heavy atom. The number of nitrogens with one attached hydrogen (secondary N) is 1. The van der Waals surface area contributed by atoms with E-state index in [0.717, 1.165) is 49.4 Å². The molecular weight excluding hydrogens is 294 g/mol. The van der Waals surface area contributed by atoms with Crippen LogP contribution in [0.25, 0.3) is 0 Å². The lowest BCUT2D eigenvalue weighted by Crippen LogP contribution is -2.38. The molecule has 0 radical (unpaired) electrons. The second-order valence-electron chi connectivity index (χ2n) is 6.40. The molecule has 0 aromatic carbocycles. The van der Waals surface area contributed by atoms with Crippen molar-refractivity contribution >= 4 is 0 Å². The predicted octanol–water partition coefficient (Wildman–Crippen LogP) is 0.946. The first-order chi connectivity index (χ1) is 11.2. The molecule has 8 nitrogen and oxygen atoms in total. The lowest BCUT2D eigenvalue weighted by molar-refractivity contribution is -0.0380. The second kappa shape index (κ2) is 6.01. The third-order valence-corrected chi connectivity index (χ3v) is 4.63. The Hall–Kier alpha value is -1.80. The summed E-state index contributed by atoms with van der Waals surface area (Å²) in [5.41, 5.74) is 0. The highest BCUT2D eigenvalue weighted by atomic mass is 16.5. The van der Waals surface area contributed by atoms with Gasteiger partial charge in [0.1, 0.15) is 23.6 Å². The summed E-state index contributed by atoms with van der Waals surface area (Å²) in [4.78, 5) is 6.84. The van der Waals surface area contributed by atoms with Crippen LogP contribution in [0.2, 0.25) is 0 Å². The van der Waals surface area contributed by atoms with Gasteiger partial charge in [-0.25, -0.2) is 4.98 Å². The molecule has 0 unspecified atom stereocenters. The standard InChI is InChI=1S/C15H23N7O/c1-3-12-16-14(19-17-12)11-8-22(6-7-23-11)9-13-18-20-15(21(13)2)10-4-5-10/h10-11H,3-9H2,1-2H3,(H,16,17,19)/t11-/m0/s1. The van der Waals surface area contributed by atoms with Gasteiger partial charge in [0, 0.05) is 32.5 Å². The van der Waals surface area contributed by atoms with E-state index in [4.69, 9.17) is 4.74 Å². The monoisotopic (exact) mass is 317 g/mol. The van der Waals surface area contributed by atoms with Gasteiger partial charge >= 0.3 is 0 Å². The molecule has 1 aliphatic heterocycles. The molecule has 3 heterocycles. The molecule has 0 bridgehead atoms. The van der Waals surface area contributed by atoms with Crippen molar-refractivity contribution in [2.45, 2.75) is 44.8 Å². The molecular formula is C15H23N7O. The predicted molar refractivity (Wildman–Crippen MR) is 82.7 cm³/mol. The molecule has 2 aromatic heterocycles. The first-order valence-electron chi connectivity index (χ1n) is 8.38. The Labute approximate surface area is 135 Å². The van der Waals surface area contributed by atoms with Gasteiger partial charge in [-0.3, -0.25) is 10.00 Å². The number of nitrogens with zero attached hydrogens (tertiary/aromatic N) is 6. The highest BCUT2D eigenvalue weighted by molar-refractivity contribution is 5.08. The van der Waals surface area contributed by atoms with Gasteiger partial charge in [0.2, 0.25) is 0 Å². The van der Waals surface area contributed by atoms with Crippen LogP contribution in [0.4, 0.5) is 0 Å². The van der Waals surface area contributed by atoms with Gasteiger partial charge in [-0.05, 0) is 12.8 Å². The summed E-state index contributed by atoms with van der Waals surface area (Å²) < 4.78 is 8.00. The Morgan fingerprint density at radius 3 is 2.91 bits per heavy atom. The van der Waals surface area contributed by atoms with Gasteiger partial charge in [-0.1, -0.05) is 6.92 Å². The minimum absolute atomic E-state index is 0.0727. The van der Waals surface area contributed by atoms with Gasteiger partial charge in [-0.15, -0.1) is 10.2 Å². The molecule has 2 aromatic rings. The van der Waals surface area contributed by atoms with Crippen LogP contribution in [-0.2, 0) is 24.8 Å². The minimum Gasteiger partial charge on any atom is -0.367 e. The maximum absolute atomic E-state index is 5.84. The molecule has 8 heteroatoms. The Morgan fingerprint density at radius 1 is 1.30 bits per heavy atom. The van der Waals surface area contributed by atoms with Gasteiger partial charge in [0.15, 0.2) is 5.82 Å². The zero-order valence-corrected chi connectivity index (χ0v) is 13.7. The molecule has 0 amide bonds. The number of hydrogen-bond acceptors (Lipinski definition) is 6. The molecule has 1 atom stereocenters. The van der Waals surface area contributed by atoms with Crippen LogP contribution in [0.1, 0.15) is 55.1 Å². The van der Waals surface area contributed by atoms with Crippen LogP contribution in [0, 0.1) is 0 Å². The molecule has 1 saturated carbocycles. The average molecular weight is 317 g/mol. The normalized spacial score (nSPS) is 22.6. The molecule has 4 rings (SSSR count). The van der Waals surface area contributed by atoms with Crippen LogP contribution in [0.3, 0.4) is 0 Å². The van der Waals surface area contributed by atoms with E-state index >= 15 is 0 Å². The van der Waals surface area contributed by atoms with Gasteiger partial charge in [-0.2, -0.15) is 5.10 Å². The summed E-state index contributed by atoms with van der Waals surface area (Å²) in [6.07, 6.45) is 3.27. The quantitative estimate of drug-likeness (QED) is 0.884. The van der Waals surface area contributed by atoms with Crippen molar-refractivity contribution in [2.24, 2.45) is 7.05 Å². The Balaban J connectivity index is 1.43. The van der Waals surface area contributed by atoms with Crippen LogP contribution >= 0.6 is 0 Å². The van der Waals surface area contributed by atoms with Crippen molar-refractivity contribution in [2.75, 3.05) is 19.7 Å². The van der Waals surface area contributed by atoms with E-state index in [1.165, 1.54) is 12.8 Å². The smallest absolute Gasteiger partial charge is 0.180 e. The van der Waals surface area contributed by atoms with E-state index in [9.17, 15) is 0 Å². The average Bonchev–Trinajstić information content (AvgIpc) is 3.18. The van der Waals surface area contributed by atoms with Crippen molar-refractivity contribution in [1.82, 2.24) is 34.8 Å². The topological polar surface area (TPSA) is 84.8 Å². The zero-order chi connectivity index (χ0) is 15.8. The van der Waals surface area contributed by atoms with E-state index in [0.29, 0.717) is 12.5 Å². The van der Waals surface area contributed by atoms with Crippen LogP contribution in [0.15, 0.2) is 0 Å². The summed E-state index contributed by atoms with van der Waals surface area (Å²) in [5, 5.41) is 16.0. The molecule has 1 aliphatic carbocycles. The van der Waals surface area contributed by atoms with E-state index in [-0.39, 0.29) is 6.10 Å². The van der Waals surface area contributed by atoms with Gasteiger partial charge < -0.3 is 9.30 Å². The Bertz CT molecular complexity index is 675. The first-order valence-corrected chi connectivity index (χ1v) is 8.38. The molecule has 2 fully saturated rings. The van der Waals surface area contributed by atoms with E-state index in [1.54, 1.807) is 0 Å². The SMILES string of the molecule is CCc1nc([C@@H]2CN(Cc3nnc(C4CC4)n3C)CCO2)n[nH]1. The van der Waals surface area contributed by atoms with Crippen molar-refractivity contribution in [3.05, 3.63) is 23.3 Å². The number of rotatable bonds is 5. The second-order valence-corrected chi connectivity index (χ2v) is 6.40. The lowest BCUT2D eigenvalue weighted by Gasteiger charge is -2.31. The fourth-order valence-corrected chi connectivity index (χ4v) is 3.02. The zero-order valence-electron chi connectivity index (χ0n) is 13.7. The van der Waals surface area contributed by atoms with Gasteiger partial charge in [0.25, 0.3) is 0 Å². The molecule has 1 N–H and O–H groups in total. The summed E-state index contributed by atoms with van der Waals surface area (Å²) in [6.45, 7) is 5.22. The van der Waals surface area contributed by atoms with Crippen LogP contribution in [-0.4, -0.2) is 54.5 Å². The summed E-state index contributed by atoms with van der Waals surface area (Å²) in [5.74, 6) is 4.44. The number of morpholine rings is 1. The van der Waals surface area contributed by atoms with Crippen LogP contribution < -0.4 is 0 Å². The van der Waals surface area contributed by atoms with E-state index < -0.39 is 0 Å².